The van der Waals surface area contributed by atoms with E-state index in [0.29, 0.717) is 16.2 Å². The molecule has 19 heavy (non-hydrogen) atoms. The predicted molar refractivity (Wildman–Crippen MR) is 81.7 cm³/mol. The third-order valence-corrected chi connectivity index (χ3v) is 4.43. The average molecular weight is 392 g/mol. The number of fused-ring (bicyclic) bond motifs is 1. The minimum atomic E-state index is -1.22. The van der Waals surface area contributed by atoms with Crippen LogP contribution in [0.25, 0.3) is 11.0 Å². The van der Waals surface area contributed by atoms with Gasteiger partial charge in [-0.15, -0.1) is 0 Å². The van der Waals surface area contributed by atoms with Crippen LogP contribution in [0.2, 0.25) is 0 Å². The van der Waals surface area contributed by atoms with Crippen LogP contribution in [0.3, 0.4) is 0 Å². The highest BCUT2D eigenvalue weighted by molar-refractivity contribution is 14.1. The SMILES string of the molecule is COC(=O)Cc1oc2c(C)cc(I)cc2c1[S@@](C)=O. The molecule has 102 valence electrons. The Kier molecular flexibility index (Phi) is 4.29. The van der Waals surface area contributed by atoms with Crippen molar-refractivity contribution >= 4 is 50.3 Å². The number of esters is 1. The highest BCUT2D eigenvalue weighted by Crippen LogP contribution is 2.32. The van der Waals surface area contributed by atoms with E-state index in [9.17, 15) is 9.00 Å². The summed E-state index contributed by atoms with van der Waals surface area (Å²) in [6, 6.07) is 3.90. The van der Waals surface area contributed by atoms with Crippen molar-refractivity contribution in [2.45, 2.75) is 18.2 Å². The van der Waals surface area contributed by atoms with E-state index in [1.807, 2.05) is 19.1 Å². The second-order valence-electron chi connectivity index (χ2n) is 4.16. The molecule has 4 nitrogen and oxygen atoms in total. The lowest BCUT2D eigenvalue weighted by Gasteiger charge is -1.99. The van der Waals surface area contributed by atoms with Gasteiger partial charge in [-0.05, 0) is 47.2 Å². The average Bonchev–Trinajstić information content (AvgIpc) is 2.67. The summed E-state index contributed by atoms with van der Waals surface area (Å²) in [4.78, 5) is 12.0. The molecule has 0 bridgehead atoms. The maximum absolute atomic E-state index is 11.9. The van der Waals surface area contributed by atoms with Crippen molar-refractivity contribution in [3.63, 3.8) is 0 Å². The molecule has 1 aromatic heterocycles. The van der Waals surface area contributed by atoms with E-state index in [0.717, 1.165) is 14.5 Å². The largest absolute Gasteiger partial charge is 0.469 e. The van der Waals surface area contributed by atoms with Gasteiger partial charge in [0.25, 0.3) is 0 Å². The molecule has 2 aromatic rings. The van der Waals surface area contributed by atoms with Gasteiger partial charge in [0.05, 0.1) is 22.8 Å². The summed E-state index contributed by atoms with van der Waals surface area (Å²) in [5, 5.41) is 0.809. The van der Waals surface area contributed by atoms with Crippen LogP contribution in [0.5, 0.6) is 0 Å². The fraction of sp³-hybridized carbons (Fsp3) is 0.308. The third-order valence-electron chi connectivity index (χ3n) is 2.78. The van der Waals surface area contributed by atoms with Crippen molar-refractivity contribution in [2.24, 2.45) is 0 Å². The molecule has 2 rings (SSSR count). The number of halogens is 1. The number of benzene rings is 1. The Morgan fingerprint density at radius 3 is 2.74 bits per heavy atom. The Labute approximate surface area is 127 Å². The summed E-state index contributed by atoms with van der Waals surface area (Å²) >= 11 is 2.20. The molecule has 0 spiro atoms. The summed E-state index contributed by atoms with van der Waals surface area (Å²) in [6.07, 6.45) is 1.58. The molecular formula is C13H13IO4S. The number of methoxy groups -OCH3 is 1. The van der Waals surface area contributed by atoms with Gasteiger partial charge in [-0.2, -0.15) is 0 Å². The second kappa shape index (κ2) is 5.62. The van der Waals surface area contributed by atoms with Gasteiger partial charge in [0.1, 0.15) is 17.8 Å². The maximum atomic E-state index is 11.9. The van der Waals surface area contributed by atoms with Crippen LogP contribution in [0, 0.1) is 10.5 Å². The quantitative estimate of drug-likeness (QED) is 0.596. The number of aryl methyl sites for hydroxylation is 1. The third kappa shape index (κ3) is 2.84. The minimum absolute atomic E-state index is 0.00386. The Morgan fingerprint density at radius 2 is 2.16 bits per heavy atom. The number of rotatable bonds is 3. The van der Waals surface area contributed by atoms with E-state index in [1.165, 1.54) is 7.11 Å². The van der Waals surface area contributed by atoms with Crippen LogP contribution in [-0.2, 0) is 26.8 Å². The van der Waals surface area contributed by atoms with E-state index in [-0.39, 0.29) is 6.42 Å². The molecule has 0 saturated carbocycles. The first-order chi connectivity index (χ1) is 8.93. The van der Waals surface area contributed by atoms with Gasteiger partial charge in [0.15, 0.2) is 0 Å². The van der Waals surface area contributed by atoms with E-state index in [2.05, 4.69) is 27.3 Å². The minimum Gasteiger partial charge on any atom is -0.469 e. The molecule has 0 fully saturated rings. The monoisotopic (exact) mass is 392 g/mol. The molecule has 0 aliphatic rings. The topological polar surface area (TPSA) is 56.5 Å². The van der Waals surface area contributed by atoms with Crippen molar-refractivity contribution in [3.8, 4) is 0 Å². The van der Waals surface area contributed by atoms with E-state index >= 15 is 0 Å². The van der Waals surface area contributed by atoms with Crippen molar-refractivity contribution in [2.75, 3.05) is 13.4 Å². The number of carbonyl (C=O) groups is 1. The molecule has 6 heteroatoms. The fourth-order valence-corrected chi connectivity index (χ4v) is 3.66. The van der Waals surface area contributed by atoms with Crippen LogP contribution >= 0.6 is 22.6 Å². The molecule has 0 amide bonds. The number of hydrogen-bond acceptors (Lipinski definition) is 4. The van der Waals surface area contributed by atoms with Crippen molar-refractivity contribution in [3.05, 3.63) is 27.0 Å². The van der Waals surface area contributed by atoms with Gasteiger partial charge >= 0.3 is 5.97 Å². The normalized spacial score (nSPS) is 12.6. The summed E-state index contributed by atoms with van der Waals surface area (Å²) in [7, 11) is 0.0974. The van der Waals surface area contributed by atoms with Crippen LogP contribution < -0.4 is 0 Å². The van der Waals surface area contributed by atoms with Gasteiger partial charge in [-0.3, -0.25) is 9.00 Å². The lowest BCUT2D eigenvalue weighted by Crippen LogP contribution is -2.05. The smallest absolute Gasteiger partial charge is 0.313 e. The second-order valence-corrected chi connectivity index (χ2v) is 6.72. The molecule has 0 radical (unpaired) electrons. The van der Waals surface area contributed by atoms with E-state index in [4.69, 9.17) is 4.42 Å². The maximum Gasteiger partial charge on any atom is 0.313 e. The number of furan rings is 1. The number of ether oxygens (including phenoxy) is 1. The molecule has 1 atom stereocenters. The first-order valence-electron chi connectivity index (χ1n) is 5.55. The lowest BCUT2D eigenvalue weighted by atomic mass is 10.2. The Morgan fingerprint density at radius 1 is 1.47 bits per heavy atom. The van der Waals surface area contributed by atoms with E-state index < -0.39 is 16.8 Å². The van der Waals surface area contributed by atoms with Gasteiger partial charge in [-0.1, -0.05) is 0 Å². The standard InChI is InChI=1S/C13H13IO4S/c1-7-4-8(14)5-9-12(7)18-10(6-11(15)17-2)13(9)19(3)16/h4-5H,6H2,1-3H3/t19-/m1/s1. The highest BCUT2D eigenvalue weighted by atomic mass is 127. The van der Waals surface area contributed by atoms with Gasteiger partial charge in [-0.25, -0.2) is 0 Å². The Balaban J connectivity index is 2.70. The summed E-state index contributed by atoms with van der Waals surface area (Å²) in [6.45, 7) is 1.93. The van der Waals surface area contributed by atoms with Gasteiger partial charge in [0, 0.05) is 15.2 Å². The van der Waals surface area contributed by atoms with Gasteiger partial charge in [0.2, 0.25) is 0 Å². The first kappa shape index (κ1) is 14.5. The molecule has 1 aromatic carbocycles. The lowest BCUT2D eigenvalue weighted by molar-refractivity contribution is -0.140. The van der Waals surface area contributed by atoms with Crippen molar-refractivity contribution in [1.29, 1.82) is 0 Å². The molecule has 0 aliphatic carbocycles. The van der Waals surface area contributed by atoms with E-state index in [1.54, 1.807) is 6.26 Å². The number of hydrogen-bond donors (Lipinski definition) is 0. The summed E-state index contributed by atoms with van der Waals surface area (Å²) in [5.41, 5.74) is 1.65. The fourth-order valence-electron chi connectivity index (χ4n) is 1.99. The first-order valence-corrected chi connectivity index (χ1v) is 8.19. The zero-order valence-electron chi connectivity index (χ0n) is 10.8. The highest BCUT2D eigenvalue weighted by Gasteiger charge is 2.21. The summed E-state index contributed by atoms with van der Waals surface area (Å²) < 4.78 is 23.3. The molecule has 1 heterocycles. The Bertz CT molecular complexity index is 675. The molecule has 0 saturated heterocycles. The zero-order valence-corrected chi connectivity index (χ0v) is 13.8. The molecular weight excluding hydrogens is 379 g/mol. The van der Waals surface area contributed by atoms with Gasteiger partial charge < -0.3 is 9.15 Å². The number of carbonyl (C=O) groups excluding carboxylic acids is 1. The molecule has 0 N–H and O–H groups in total. The van der Waals surface area contributed by atoms with Crippen LogP contribution in [-0.4, -0.2) is 23.5 Å². The van der Waals surface area contributed by atoms with Crippen molar-refractivity contribution < 1.29 is 18.2 Å². The molecule has 0 aliphatic heterocycles. The van der Waals surface area contributed by atoms with Crippen molar-refractivity contribution in [1.82, 2.24) is 0 Å². The summed E-state index contributed by atoms with van der Waals surface area (Å²) in [5.74, 6) is 0.0193. The zero-order chi connectivity index (χ0) is 14.2. The molecule has 0 unspecified atom stereocenters. The van der Waals surface area contributed by atoms with Crippen LogP contribution in [0.4, 0.5) is 0 Å². The predicted octanol–water partition coefficient (Wildman–Crippen LogP) is 2.80. The van der Waals surface area contributed by atoms with Crippen LogP contribution in [0.1, 0.15) is 11.3 Å². The van der Waals surface area contributed by atoms with Crippen LogP contribution in [0.15, 0.2) is 21.4 Å². The Hall–Kier alpha value is -0.890.